The highest BCUT2D eigenvalue weighted by atomic mass is 32.1. The molecule has 0 fully saturated rings. The van der Waals surface area contributed by atoms with Gasteiger partial charge in [-0.15, -0.1) is 11.3 Å². The van der Waals surface area contributed by atoms with E-state index < -0.39 is 23.6 Å². The summed E-state index contributed by atoms with van der Waals surface area (Å²) in [5.41, 5.74) is 4.59. The van der Waals surface area contributed by atoms with Gasteiger partial charge in [0.05, 0.1) is 17.9 Å². The summed E-state index contributed by atoms with van der Waals surface area (Å²) < 4.78 is 49.1. The number of hydrogen-bond donors (Lipinski definition) is 2. The molecule has 0 radical (unpaired) electrons. The summed E-state index contributed by atoms with van der Waals surface area (Å²) >= 11 is 1.000. The van der Waals surface area contributed by atoms with E-state index in [-0.39, 0.29) is 11.5 Å². The number of carbonyl (C=O) groups is 2. The topological polar surface area (TPSA) is 89.5 Å². The highest BCUT2D eigenvalue weighted by Crippen LogP contribution is 2.33. The molecule has 0 aliphatic carbocycles. The molecule has 0 bridgehead atoms. The number of rotatable bonds is 7. The lowest BCUT2D eigenvalue weighted by molar-refractivity contribution is -0.137. The van der Waals surface area contributed by atoms with Crippen molar-refractivity contribution in [2.75, 3.05) is 13.2 Å². The van der Waals surface area contributed by atoms with Gasteiger partial charge in [0, 0.05) is 5.56 Å². The zero-order chi connectivity index (χ0) is 24.0. The highest BCUT2D eigenvalue weighted by molar-refractivity contribution is 7.17. The Morgan fingerprint density at radius 2 is 1.64 bits per heavy atom. The standard InChI is InChI=1S/C22H20F3N3O4S/c1-3-31-16-6-4-5-7-17(16)32-12-18(29)27-28-20(30)19-13(2)26-21(33-19)14-8-10-15(11-9-14)22(23,24)25/h4-11H,3,12H2,1-2H3,(H,27,29)(H,28,30). The van der Waals surface area contributed by atoms with Crippen molar-refractivity contribution in [2.45, 2.75) is 20.0 Å². The van der Waals surface area contributed by atoms with Crippen molar-refractivity contribution in [3.8, 4) is 22.1 Å². The third kappa shape index (κ3) is 6.22. The second-order valence-corrected chi connectivity index (χ2v) is 7.68. The maximum absolute atomic E-state index is 12.7. The number of ether oxygens (including phenoxy) is 2. The van der Waals surface area contributed by atoms with Crippen LogP contribution in [0.2, 0.25) is 0 Å². The van der Waals surface area contributed by atoms with Crippen LogP contribution in [0.1, 0.15) is 27.9 Å². The Hall–Kier alpha value is -3.60. The maximum Gasteiger partial charge on any atom is 0.416 e. The zero-order valence-corrected chi connectivity index (χ0v) is 18.5. The van der Waals surface area contributed by atoms with Crippen LogP contribution in [0.5, 0.6) is 11.5 Å². The molecule has 0 aliphatic rings. The number of benzene rings is 2. The van der Waals surface area contributed by atoms with Crippen LogP contribution in [0.25, 0.3) is 10.6 Å². The van der Waals surface area contributed by atoms with E-state index in [4.69, 9.17) is 9.47 Å². The van der Waals surface area contributed by atoms with Gasteiger partial charge in [0.15, 0.2) is 18.1 Å². The largest absolute Gasteiger partial charge is 0.490 e. The number of alkyl halides is 3. The Bertz CT molecular complexity index is 1130. The molecule has 0 spiro atoms. The van der Waals surface area contributed by atoms with E-state index >= 15 is 0 Å². The van der Waals surface area contributed by atoms with Gasteiger partial charge in [-0.2, -0.15) is 13.2 Å². The van der Waals surface area contributed by atoms with E-state index in [1.165, 1.54) is 12.1 Å². The number of aryl methyl sites for hydroxylation is 1. The number of nitrogens with one attached hydrogen (secondary N) is 2. The van der Waals surface area contributed by atoms with Gasteiger partial charge in [-0.05, 0) is 38.1 Å². The number of aromatic nitrogens is 1. The Balaban J connectivity index is 1.58. The summed E-state index contributed by atoms with van der Waals surface area (Å²) in [6, 6.07) is 11.4. The van der Waals surface area contributed by atoms with Crippen LogP contribution in [0.4, 0.5) is 13.2 Å². The molecule has 1 aromatic heterocycles. The Labute approximate surface area is 191 Å². The molecule has 3 aromatic rings. The molecule has 3 rings (SSSR count). The first-order valence-corrected chi connectivity index (χ1v) is 10.6. The highest BCUT2D eigenvalue weighted by Gasteiger charge is 2.30. The van der Waals surface area contributed by atoms with Gasteiger partial charge in [-0.1, -0.05) is 24.3 Å². The number of halogens is 3. The summed E-state index contributed by atoms with van der Waals surface area (Å²) in [5, 5.41) is 0.383. The van der Waals surface area contributed by atoms with Crippen molar-refractivity contribution < 1.29 is 32.2 Å². The lowest BCUT2D eigenvalue weighted by atomic mass is 10.1. The third-order valence-corrected chi connectivity index (χ3v) is 5.49. The lowest BCUT2D eigenvalue weighted by Gasteiger charge is -2.11. The van der Waals surface area contributed by atoms with Crippen LogP contribution in [0, 0.1) is 6.92 Å². The van der Waals surface area contributed by atoms with Crippen molar-refractivity contribution in [3.63, 3.8) is 0 Å². The molecule has 0 saturated heterocycles. The maximum atomic E-state index is 12.7. The van der Waals surface area contributed by atoms with Crippen LogP contribution < -0.4 is 20.3 Å². The fourth-order valence-corrected chi connectivity index (χ4v) is 3.71. The first kappa shape index (κ1) is 24.1. The Morgan fingerprint density at radius 3 is 2.24 bits per heavy atom. The molecule has 2 N–H and O–H groups in total. The Kier molecular flexibility index (Phi) is 7.54. The van der Waals surface area contributed by atoms with Crippen LogP contribution >= 0.6 is 11.3 Å². The number of thiazole rings is 1. The zero-order valence-electron chi connectivity index (χ0n) is 17.7. The number of hydrazine groups is 1. The lowest BCUT2D eigenvalue weighted by Crippen LogP contribution is -2.43. The minimum Gasteiger partial charge on any atom is -0.490 e. The van der Waals surface area contributed by atoms with Crippen LogP contribution in [0.3, 0.4) is 0 Å². The fourth-order valence-electron chi connectivity index (χ4n) is 2.74. The number of carbonyl (C=O) groups excluding carboxylic acids is 2. The second-order valence-electron chi connectivity index (χ2n) is 6.68. The van der Waals surface area contributed by atoms with E-state index in [0.29, 0.717) is 34.4 Å². The van der Waals surface area contributed by atoms with Crippen molar-refractivity contribution in [1.82, 2.24) is 15.8 Å². The van der Waals surface area contributed by atoms with Gasteiger partial charge < -0.3 is 9.47 Å². The molecule has 7 nitrogen and oxygen atoms in total. The number of nitrogens with zero attached hydrogens (tertiary/aromatic N) is 1. The fraction of sp³-hybridized carbons (Fsp3) is 0.227. The van der Waals surface area contributed by atoms with Crippen molar-refractivity contribution in [2.24, 2.45) is 0 Å². The number of amides is 2. The van der Waals surface area contributed by atoms with E-state index in [1.54, 1.807) is 31.2 Å². The summed E-state index contributed by atoms with van der Waals surface area (Å²) in [6.07, 6.45) is -4.44. The van der Waals surface area contributed by atoms with Crippen LogP contribution in [0.15, 0.2) is 48.5 Å². The van der Waals surface area contributed by atoms with Gasteiger partial charge in [0.1, 0.15) is 9.88 Å². The first-order valence-electron chi connectivity index (χ1n) is 9.78. The summed E-state index contributed by atoms with van der Waals surface area (Å²) in [4.78, 5) is 29.0. The molecule has 0 aliphatic heterocycles. The monoisotopic (exact) mass is 479 g/mol. The van der Waals surface area contributed by atoms with E-state index in [1.807, 2.05) is 6.92 Å². The smallest absolute Gasteiger partial charge is 0.416 e. The Morgan fingerprint density at radius 1 is 1.00 bits per heavy atom. The molecular weight excluding hydrogens is 459 g/mol. The average Bonchev–Trinajstić information content (AvgIpc) is 3.18. The SMILES string of the molecule is CCOc1ccccc1OCC(=O)NNC(=O)c1sc(-c2ccc(C(F)(F)F)cc2)nc1C. The average molecular weight is 479 g/mol. The van der Waals surface area contributed by atoms with Gasteiger partial charge in [0.25, 0.3) is 11.8 Å². The van der Waals surface area contributed by atoms with E-state index in [9.17, 15) is 22.8 Å². The third-order valence-electron chi connectivity index (χ3n) is 4.29. The summed E-state index contributed by atoms with van der Waals surface area (Å²) in [7, 11) is 0. The van der Waals surface area contributed by atoms with Crippen molar-refractivity contribution in [1.29, 1.82) is 0 Å². The molecule has 0 saturated carbocycles. The molecule has 2 amide bonds. The summed E-state index contributed by atoms with van der Waals surface area (Å²) in [5.74, 6) is -0.320. The van der Waals surface area contributed by atoms with Crippen LogP contribution in [-0.2, 0) is 11.0 Å². The van der Waals surface area contributed by atoms with Crippen molar-refractivity contribution >= 4 is 23.2 Å². The normalized spacial score (nSPS) is 11.1. The molecule has 0 unspecified atom stereocenters. The molecule has 1 heterocycles. The molecule has 0 atom stereocenters. The predicted octanol–water partition coefficient (Wildman–Crippen LogP) is 4.38. The molecule has 33 heavy (non-hydrogen) atoms. The van der Waals surface area contributed by atoms with E-state index in [0.717, 1.165) is 23.5 Å². The van der Waals surface area contributed by atoms with Gasteiger partial charge in [0.2, 0.25) is 0 Å². The molecule has 11 heteroatoms. The van der Waals surface area contributed by atoms with Gasteiger partial charge >= 0.3 is 6.18 Å². The second kappa shape index (κ2) is 10.3. The van der Waals surface area contributed by atoms with Gasteiger partial charge in [-0.25, -0.2) is 4.98 Å². The number of hydrogen-bond acceptors (Lipinski definition) is 6. The first-order chi connectivity index (χ1) is 15.7. The molecular formula is C22H20F3N3O4S. The van der Waals surface area contributed by atoms with E-state index in [2.05, 4.69) is 15.8 Å². The minimum absolute atomic E-state index is 0.216. The van der Waals surface area contributed by atoms with Gasteiger partial charge in [-0.3, -0.25) is 20.4 Å². The molecule has 2 aromatic carbocycles. The number of para-hydroxylation sites is 2. The predicted molar refractivity (Wildman–Crippen MR) is 116 cm³/mol. The van der Waals surface area contributed by atoms with Crippen LogP contribution in [-0.4, -0.2) is 30.0 Å². The quantitative estimate of drug-likeness (QED) is 0.491. The van der Waals surface area contributed by atoms with Crippen molar-refractivity contribution in [3.05, 3.63) is 64.7 Å². The minimum atomic E-state index is -4.44. The molecule has 174 valence electrons. The summed E-state index contributed by atoms with van der Waals surface area (Å²) in [6.45, 7) is 3.49.